The third-order valence-electron chi connectivity index (χ3n) is 4.44. The Morgan fingerprint density at radius 1 is 1.35 bits per heavy atom. The Morgan fingerprint density at radius 2 is 2.10 bits per heavy atom. The van der Waals surface area contributed by atoms with Crippen LogP contribution in [0.25, 0.3) is 0 Å². The number of carbonyl (C=O) groups is 1. The van der Waals surface area contributed by atoms with Crippen molar-refractivity contribution < 1.29 is 4.79 Å². The predicted octanol–water partition coefficient (Wildman–Crippen LogP) is 3.01. The quantitative estimate of drug-likeness (QED) is 0.699. The fourth-order valence-electron chi connectivity index (χ4n) is 2.78. The molecule has 0 saturated heterocycles. The van der Waals surface area contributed by atoms with Gasteiger partial charge in [-0.1, -0.05) is 13.3 Å². The number of nitrogen functional groups attached to an aromatic ring is 1. The molecule has 4 heteroatoms. The molecule has 0 aromatic heterocycles. The van der Waals surface area contributed by atoms with Gasteiger partial charge in [0, 0.05) is 24.5 Å². The van der Waals surface area contributed by atoms with Gasteiger partial charge in [-0.25, -0.2) is 0 Å². The van der Waals surface area contributed by atoms with Crippen LogP contribution in [0.2, 0.25) is 0 Å². The summed E-state index contributed by atoms with van der Waals surface area (Å²) < 4.78 is 0. The van der Waals surface area contributed by atoms with Crippen LogP contribution in [-0.4, -0.2) is 19.0 Å². The van der Waals surface area contributed by atoms with E-state index in [1.807, 2.05) is 13.0 Å². The maximum atomic E-state index is 12.1. The Hall–Kier alpha value is -1.71. The van der Waals surface area contributed by atoms with Crippen LogP contribution in [0.5, 0.6) is 0 Å². The molecule has 1 saturated carbocycles. The van der Waals surface area contributed by atoms with Gasteiger partial charge in [-0.2, -0.15) is 0 Å². The van der Waals surface area contributed by atoms with Crippen LogP contribution < -0.4 is 16.4 Å². The number of nitrogens with one attached hydrogen (secondary N) is 2. The van der Waals surface area contributed by atoms with E-state index in [1.165, 1.54) is 25.7 Å². The second-order valence-corrected chi connectivity index (χ2v) is 5.73. The highest BCUT2D eigenvalue weighted by molar-refractivity contribution is 6.00. The van der Waals surface area contributed by atoms with Gasteiger partial charge < -0.3 is 16.4 Å². The average Bonchev–Trinajstić information content (AvgIpc) is 2.38. The monoisotopic (exact) mass is 275 g/mol. The highest BCUT2D eigenvalue weighted by Gasteiger charge is 2.34. The Morgan fingerprint density at radius 3 is 2.65 bits per heavy atom. The summed E-state index contributed by atoms with van der Waals surface area (Å²) in [6.45, 7) is 5.70. The largest absolute Gasteiger partial charge is 0.399 e. The summed E-state index contributed by atoms with van der Waals surface area (Å²) in [5.41, 5.74) is 8.45. The molecular weight excluding hydrogens is 250 g/mol. The summed E-state index contributed by atoms with van der Waals surface area (Å²) >= 11 is 0. The summed E-state index contributed by atoms with van der Waals surface area (Å²) in [5, 5.41) is 6.29. The second-order valence-electron chi connectivity index (χ2n) is 5.73. The molecule has 1 aliphatic carbocycles. The van der Waals surface area contributed by atoms with E-state index in [2.05, 4.69) is 17.6 Å². The summed E-state index contributed by atoms with van der Waals surface area (Å²) in [5.74, 6) is -0.0471. The minimum Gasteiger partial charge on any atom is -0.399 e. The van der Waals surface area contributed by atoms with Crippen molar-refractivity contribution in [3.05, 3.63) is 23.8 Å². The van der Waals surface area contributed by atoms with E-state index in [1.54, 1.807) is 12.1 Å². The van der Waals surface area contributed by atoms with Gasteiger partial charge in [0.15, 0.2) is 0 Å². The maximum absolute atomic E-state index is 12.1. The molecule has 1 aromatic carbocycles. The van der Waals surface area contributed by atoms with Crippen LogP contribution in [-0.2, 0) is 0 Å². The lowest BCUT2D eigenvalue weighted by Crippen LogP contribution is -2.36. The summed E-state index contributed by atoms with van der Waals surface area (Å²) in [7, 11) is 0. The van der Waals surface area contributed by atoms with E-state index < -0.39 is 0 Å². The molecule has 4 N–H and O–H groups in total. The van der Waals surface area contributed by atoms with E-state index >= 15 is 0 Å². The minimum atomic E-state index is -0.0471. The first kappa shape index (κ1) is 14.7. The Kier molecular flexibility index (Phi) is 4.53. The number of rotatable bonds is 6. The number of carbonyl (C=O) groups excluding carboxylic acids is 1. The van der Waals surface area contributed by atoms with Crippen molar-refractivity contribution in [2.45, 2.75) is 39.5 Å². The van der Waals surface area contributed by atoms with Gasteiger partial charge in [0.25, 0.3) is 5.91 Å². The topological polar surface area (TPSA) is 67.2 Å². The van der Waals surface area contributed by atoms with Crippen LogP contribution in [0.15, 0.2) is 18.2 Å². The molecule has 0 atom stereocenters. The van der Waals surface area contributed by atoms with E-state index in [9.17, 15) is 4.79 Å². The van der Waals surface area contributed by atoms with Crippen molar-refractivity contribution in [2.24, 2.45) is 5.41 Å². The maximum Gasteiger partial charge on any atom is 0.253 e. The van der Waals surface area contributed by atoms with Gasteiger partial charge in [-0.3, -0.25) is 4.79 Å². The minimum absolute atomic E-state index is 0.0471. The third kappa shape index (κ3) is 3.06. The summed E-state index contributed by atoms with van der Waals surface area (Å²) in [4.78, 5) is 12.1. The highest BCUT2D eigenvalue weighted by atomic mass is 16.1. The molecule has 0 heterocycles. The Labute approximate surface area is 121 Å². The Balaban J connectivity index is 2.12. The van der Waals surface area contributed by atoms with Crippen LogP contribution >= 0.6 is 0 Å². The number of anilines is 2. The number of amides is 1. The normalized spacial score (nSPS) is 16.3. The first-order valence-electron chi connectivity index (χ1n) is 7.52. The van der Waals surface area contributed by atoms with Crippen molar-refractivity contribution in [3.63, 3.8) is 0 Å². The van der Waals surface area contributed by atoms with E-state index in [0.717, 1.165) is 12.2 Å². The first-order valence-corrected chi connectivity index (χ1v) is 7.52. The van der Waals surface area contributed by atoms with Gasteiger partial charge in [-0.15, -0.1) is 0 Å². The number of hydrogen-bond donors (Lipinski definition) is 3. The van der Waals surface area contributed by atoms with Crippen LogP contribution in [0.3, 0.4) is 0 Å². The zero-order valence-electron chi connectivity index (χ0n) is 12.5. The number of nitrogens with two attached hydrogens (primary N) is 1. The lowest BCUT2D eigenvalue weighted by Gasteiger charge is -2.41. The first-order chi connectivity index (χ1) is 9.60. The van der Waals surface area contributed by atoms with Crippen molar-refractivity contribution in [3.8, 4) is 0 Å². The molecule has 0 unspecified atom stereocenters. The van der Waals surface area contributed by atoms with Crippen LogP contribution in [0.4, 0.5) is 11.4 Å². The highest BCUT2D eigenvalue weighted by Crippen LogP contribution is 2.43. The summed E-state index contributed by atoms with van der Waals surface area (Å²) in [6, 6.07) is 5.42. The lowest BCUT2D eigenvalue weighted by atomic mass is 9.67. The van der Waals surface area contributed by atoms with Gasteiger partial charge in [0.2, 0.25) is 0 Å². The molecule has 0 radical (unpaired) electrons. The summed E-state index contributed by atoms with van der Waals surface area (Å²) in [6.07, 6.45) is 5.04. The third-order valence-corrected chi connectivity index (χ3v) is 4.44. The molecule has 1 aliphatic rings. The molecule has 1 fully saturated rings. The molecule has 0 aliphatic heterocycles. The zero-order valence-corrected chi connectivity index (χ0v) is 12.5. The van der Waals surface area contributed by atoms with E-state index in [4.69, 9.17) is 5.73 Å². The molecule has 2 rings (SSSR count). The molecule has 20 heavy (non-hydrogen) atoms. The standard InChI is InChI=1S/C16H25N3O/c1-3-16(8-5-9-16)11-19-14-10-12(17)6-7-13(14)15(20)18-4-2/h6-7,10,19H,3-5,8-9,11,17H2,1-2H3,(H,18,20). The number of benzene rings is 1. The van der Waals surface area contributed by atoms with Gasteiger partial charge in [-0.05, 0) is 49.8 Å². The van der Waals surface area contributed by atoms with Crippen LogP contribution in [0, 0.1) is 5.41 Å². The van der Waals surface area contributed by atoms with Crippen molar-refractivity contribution in [1.29, 1.82) is 0 Å². The van der Waals surface area contributed by atoms with Gasteiger partial charge in [0.1, 0.15) is 0 Å². The van der Waals surface area contributed by atoms with Gasteiger partial charge in [0.05, 0.1) is 5.56 Å². The molecule has 110 valence electrons. The molecule has 0 bridgehead atoms. The van der Waals surface area contributed by atoms with Crippen LogP contribution in [0.1, 0.15) is 49.9 Å². The zero-order chi connectivity index (χ0) is 14.6. The molecule has 4 nitrogen and oxygen atoms in total. The fraction of sp³-hybridized carbons (Fsp3) is 0.562. The van der Waals surface area contributed by atoms with Crippen molar-refractivity contribution >= 4 is 17.3 Å². The van der Waals surface area contributed by atoms with E-state index in [-0.39, 0.29) is 5.91 Å². The molecule has 1 amide bonds. The van der Waals surface area contributed by atoms with Gasteiger partial charge >= 0.3 is 0 Å². The second kappa shape index (κ2) is 6.16. The number of hydrogen-bond acceptors (Lipinski definition) is 3. The fourth-order valence-corrected chi connectivity index (χ4v) is 2.78. The smallest absolute Gasteiger partial charge is 0.253 e. The molecule has 1 aromatic rings. The average molecular weight is 275 g/mol. The van der Waals surface area contributed by atoms with Crippen molar-refractivity contribution in [2.75, 3.05) is 24.1 Å². The SMILES string of the molecule is CCNC(=O)c1ccc(N)cc1NCC1(CC)CCC1. The van der Waals surface area contributed by atoms with E-state index in [0.29, 0.717) is 23.2 Å². The molecular formula is C16H25N3O. The predicted molar refractivity (Wildman–Crippen MR) is 83.9 cm³/mol. The Bertz CT molecular complexity index is 475. The molecule has 0 spiro atoms. The lowest BCUT2D eigenvalue weighted by molar-refractivity contribution is 0.0956. The van der Waals surface area contributed by atoms with Crippen molar-refractivity contribution in [1.82, 2.24) is 5.32 Å².